The van der Waals surface area contributed by atoms with Gasteiger partial charge in [-0.2, -0.15) is 9.50 Å². The molecule has 7 heteroatoms. The van der Waals surface area contributed by atoms with Gasteiger partial charge in [0.25, 0.3) is 5.56 Å². The summed E-state index contributed by atoms with van der Waals surface area (Å²) in [6.07, 6.45) is 2.77. The van der Waals surface area contributed by atoms with E-state index in [0.29, 0.717) is 27.7 Å². The molecule has 0 N–H and O–H groups in total. The van der Waals surface area contributed by atoms with Gasteiger partial charge in [0.2, 0.25) is 4.96 Å². The monoisotopic (exact) mass is 393 g/mol. The van der Waals surface area contributed by atoms with Gasteiger partial charge in [0.1, 0.15) is 11.5 Å². The summed E-state index contributed by atoms with van der Waals surface area (Å²) in [7, 11) is 1.61. The first-order chi connectivity index (χ1) is 13.7. The number of ether oxygens (including phenoxy) is 2. The van der Waals surface area contributed by atoms with Crippen LogP contribution in [0.3, 0.4) is 0 Å². The zero-order valence-electron chi connectivity index (χ0n) is 15.6. The number of para-hydroxylation sites is 1. The maximum atomic E-state index is 12.7. The molecule has 0 spiro atoms. The second-order valence-electron chi connectivity index (χ2n) is 6.16. The molecule has 28 heavy (non-hydrogen) atoms. The van der Waals surface area contributed by atoms with Gasteiger partial charge in [-0.15, -0.1) is 5.10 Å². The molecule has 0 saturated carbocycles. The van der Waals surface area contributed by atoms with Gasteiger partial charge >= 0.3 is 0 Å². The number of rotatable bonds is 6. The average molecular weight is 393 g/mol. The molecule has 6 nitrogen and oxygen atoms in total. The van der Waals surface area contributed by atoms with Crippen molar-refractivity contribution in [2.75, 3.05) is 13.7 Å². The fourth-order valence-electron chi connectivity index (χ4n) is 2.80. The van der Waals surface area contributed by atoms with Crippen molar-refractivity contribution < 1.29 is 9.47 Å². The topological polar surface area (TPSA) is 65.7 Å². The molecule has 2 aromatic carbocycles. The minimum Gasteiger partial charge on any atom is -0.496 e. The standard InChI is InChI=1S/C21H19N3O3S/c1-3-12-27-16-10-8-14(9-11-16)19-22-21-24(23-19)20(25)18(28-21)13-15-6-4-5-7-17(15)26-2/h4-11,13H,3,12H2,1-2H3. The first-order valence-electron chi connectivity index (χ1n) is 8.97. The molecular weight excluding hydrogens is 374 g/mol. The summed E-state index contributed by atoms with van der Waals surface area (Å²) in [5.41, 5.74) is 1.50. The summed E-state index contributed by atoms with van der Waals surface area (Å²) >= 11 is 1.31. The van der Waals surface area contributed by atoms with Crippen molar-refractivity contribution in [3.05, 3.63) is 69.0 Å². The van der Waals surface area contributed by atoms with Gasteiger partial charge in [-0.05, 0) is 42.8 Å². The lowest BCUT2D eigenvalue weighted by molar-refractivity contribution is 0.317. The Kier molecular flexibility index (Phi) is 5.08. The van der Waals surface area contributed by atoms with Crippen LogP contribution in [0.5, 0.6) is 11.5 Å². The predicted molar refractivity (Wildman–Crippen MR) is 110 cm³/mol. The van der Waals surface area contributed by atoms with Crippen molar-refractivity contribution in [2.45, 2.75) is 13.3 Å². The molecule has 0 aliphatic rings. The van der Waals surface area contributed by atoms with E-state index < -0.39 is 0 Å². The van der Waals surface area contributed by atoms with Gasteiger partial charge in [0.05, 0.1) is 18.2 Å². The first-order valence-corrected chi connectivity index (χ1v) is 9.79. The molecule has 0 atom stereocenters. The van der Waals surface area contributed by atoms with E-state index in [-0.39, 0.29) is 5.56 Å². The van der Waals surface area contributed by atoms with Gasteiger partial charge < -0.3 is 9.47 Å². The van der Waals surface area contributed by atoms with Crippen LogP contribution in [0.15, 0.2) is 53.3 Å². The number of hydrogen-bond donors (Lipinski definition) is 0. The molecule has 0 radical (unpaired) electrons. The number of hydrogen-bond acceptors (Lipinski definition) is 6. The van der Waals surface area contributed by atoms with Crippen molar-refractivity contribution in [1.82, 2.24) is 14.6 Å². The maximum Gasteiger partial charge on any atom is 0.291 e. The van der Waals surface area contributed by atoms with E-state index in [2.05, 4.69) is 17.0 Å². The summed E-state index contributed by atoms with van der Waals surface area (Å²) < 4.78 is 12.9. The number of thiazole rings is 1. The molecule has 2 aromatic heterocycles. The van der Waals surface area contributed by atoms with Gasteiger partial charge in [-0.1, -0.05) is 36.5 Å². The third kappa shape index (κ3) is 3.48. The summed E-state index contributed by atoms with van der Waals surface area (Å²) in [6, 6.07) is 15.1. The minimum atomic E-state index is -0.187. The van der Waals surface area contributed by atoms with Crippen LogP contribution in [0.25, 0.3) is 22.4 Å². The molecule has 2 heterocycles. The van der Waals surface area contributed by atoms with Crippen molar-refractivity contribution in [1.29, 1.82) is 0 Å². The Morgan fingerprint density at radius 1 is 1.14 bits per heavy atom. The van der Waals surface area contributed by atoms with Crippen LogP contribution in [0.4, 0.5) is 0 Å². The Hall–Kier alpha value is -3.19. The van der Waals surface area contributed by atoms with Crippen molar-refractivity contribution in [3.8, 4) is 22.9 Å². The third-order valence-corrected chi connectivity index (χ3v) is 5.15. The largest absolute Gasteiger partial charge is 0.496 e. The molecule has 0 aliphatic carbocycles. The van der Waals surface area contributed by atoms with E-state index in [1.165, 1.54) is 15.9 Å². The molecule has 4 aromatic rings. The van der Waals surface area contributed by atoms with Crippen LogP contribution in [-0.4, -0.2) is 28.3 Å². The number of aromatic nitrogens is 3. The lowest BCUT2D eigenvalue weighted by Gasteiger charge is -2.04. The van der Waals surface area contributed by atoms with E-state index in [1.54, 1.807) is 7.11 Å². The highest BCUT2D eigenvalue weighted by Crippen LogP contribution is 2.21. The van der Waals surface area contributed by atoms with Gasteiger partial charge in [0, 0.05) is 11.1 Å². The fraction of sp³-hybridized carbons (Fsp3) is 0.190. The van der Waals surface area contributed by atoms with Crippen LogP contribution in [0.2, 0.25) is 0 Å². The number of fused-ring (bicyclic) bond motifs is 1. The molecule has 4 rings (SSSR count). The maximum absolute atomic E-state index is 12.7. The van der Waals surface area contributed by atoms with E-state index in [9.17, 15) is 4.79 Å². The van der Waals surface area contributed by atoms with Crippen LogP contribution in [0, 0.1) is 0 Å². The molecule has 0 saturated heterocycles. The summed E-state index contributed by atoms with van der Waals surface area (Å²) in [4.78, 5) is 17.8. The van der Waals surface area contributed by atoms with E-state index in [1.807, 2.05) is 54.6 Å². The fourth-order valence-corrected chi connectivity index (χ4v) is 3.70. The second-order valence-corrected chi connectivity index (χ2v) is 7.17. The van der Waals surface area contributed by atoms with Crippen LogP contribution < -0.4 is 19.6 Å². The Morgan fingerprint density at radius 3 is 2.64 bits per heavy atom. The normalized spacial score (nSPS) is 11.9. The van der Waals surface area contributed by atoms with Crippen LogP contribution in [0.1, 0.15) is 18.9 Å². The lowest BCUT2D eigenvalue weighted by atomic mass is 10.2. The molecule has 0 fully saturated rings. The molecule has 0 aliphatic heterocycles. The van der Waals surface area contributed by atoms with Crippen molar-refractivity contribution in [3.63, 3.8) is 0 Å². The number of methoxy groups -OCH3 is 1. The Labute approximate surface area is 165 Å². The summed E-state index contributed by atoms with van der Waals surface area (Å²) in [5, 5.41) is 4.39. The van der Waals surface area contributed by atoms with E-state index >= 15 is 0 Å². The molecule has 0 unspecified atom stereocenters. The zero-order valence-corrected chi connectivity index (χ0v) is 16.4. The Balaban J connectivity index is 1.68. The minimum absolute atomic E-state index is 0.187. The highest BCUT2D eigenvalue weighted by Gasteiger charge is 2.12. The third-order valence-electron chi connectivity index (χ3n) is 4.19. The summed E-state index contributed by atoms with van der Waals surface area (Å²) in [5.74, 6) is 2.05. The second kappa shape index (κ2) is 7.82. The molecular formula is C21H19N3O3S. The summed E-state index contributed by atoms with van der Waals surface area (Å²) in [6.45, 7) is 2.75. The Morgan fingerprint density at radius 2 is 1.93 bits per heavy atom. The van der Waals surface area contributed by atoms with Crippen molar-refractivity contribution in [2.24, 2.45) is 0 Å². The smallest absolute Gasteiger partial charge is 0.291 e. The quantitative estimate of drug-likeness (QED) is 0.503. The van der Waals surface area contributed by atoms with Gasteiger partial charge in [0.15, 0.2) is 5.82 Å². The van der Waals surface area contributed by atoms with Gasteiger partial charge in [-0.3, -0.25) is 4.79 Å². The molecule has 142 valence electrons. The number of nitrogens with zero attached hydrogens (tertiary/aromatic N) is 3. The molecule has 0 bridgehead atoms. The van der Waals surface area contributed by atoms with Crippen molar-refractivity contribution >= 4 is 22.4 Å². The predicted octanol–water partition coefficient (Wildman–Crippen LogP) is 3.16. The SMILES string of the molecule is CCCOc1ccc(-c2nc3sc(=Cc4ccccc4OC)c(=O)n3n2)cc1. The molecule has 0 amide bonds. The lowest BCUT2D eigenvalue weighted by Crippen LogP contribution is -2.23. The van der Waals surface area contributed by atoms with E-state index in [0.717, 1.165) is 23.3 Å². The zero-order chi connectivity index (χ0) is 19.5. The number of benzene rings is 2. The highest BCUT2D eigenvalue weighted by atomic mass is 32.1. The van der Waals surface area contributed by atoms with Crippen LogP contribution >= 0.6 is 11.3 Å². The Bertz CT molecular complexity index is 1210. The van der Waals surface area contributed by atoms with Crippen LogP contribution in [-0.2, 0) is 0 Å². The van der Waals surface area contributed by atoms with E-state index in [4.69, 9.17) is 9.47 Å². The average Bonchev–Trinajstić information content (AvgIpc) is 3.27. The first kappa shape index (κ1) is 18.2. The van der Waals surface area contributed by atoms with Gasteiger partial charge in [-0.25, -0.2) is 0 Å². The highest BCUT2D eigenvalue weighted by molar-refractivity contribution is 7.15.